The van der Waals surface area contributed by atoms with Crippen molar-refractivity contribution in [1.82, 2.24) is 20.2 Å². The zero-order chi connectivity index (χ0) is 19.5. The summed E-state index contributed by atoms with van der Waals surface area (Å²) < 4.78 is 10.6. The second-order valence-corrected chi connectivity index (χ2v) is 7.32. The molecule has 0 saturated carbocycles. The van der Waals surface area contributed by atoms with E-state index in [-0.39, 0.29) is 11.8 Å². The van der Waals surface area contributed by atoms with Crippen LogP contribution in [0.2, 0.25) is 0 Å². The number of benzene rings is 1. The highest BCUT2D eigenvalue weighted by molar-refractivity contribution is 5.79. The summed E-state index contributed by atoms with van der Waals surface area (Å²) in [7, 11) is 3.20. The molecule has 0 radical (unpaired) electrons. The molecule has 0 bridgehead atoms. The van der Waals surface area contributed by atoms with Crippen LogP contribution in [0.4, 0.5) is 0 Å². The number of nitrogens with zero attached hydrogens (tertiary/aromatic N) is 3. The number of likely N-dealkylation sites (tertiary alicyclic amines) is 1. The quantitative estimate of drug-likeness (QED) is 0.848. The maximum absolute atomic E-state index is 12.8. The molecular formula is C21H26N4O3. The van der Waals surface area contributed by atoms with E-state index in [2.05, 4.69) is 10.3 Å². The first kappa shape index (κ1) is 18.7. The third-order valence-corrected chi connectivity index (χ3v) is 5.54. The summed E-state index contributed by atoms with van der Waals surface area (Å²) in [5.41, 5.74) is 3.26. The monoisotopic (exact) mass is 382 g/mol. The standard InChI is InChI=1S/C21H26N4O3/c1-27-18-4-3-14(9-19(18)28-2)10-20(26)25-8-6-15(13-25)21-23-12-16-11-22-7-5-17(16)24-21/h3-4,9,12,15,22H,5-8,10-11,13H2,1-2H3. The minimum Gasteiger partial charge on any atom is -0.493 e. The van der Waals surface area contributed by atoms with Gasteiger partial charge in [0.2, 0.25) is 5.91 Å². The molecule has 0 spiro atoms. The van der Waals surface area contributed by atoms with Crippen LogP contribution < -0.4 is 14.8 Å². The largest absolute Gasteiger partial charge is 0.493 e. The van der Waals surface area contributed by atoms with Gasteiger partial charge in [0.1, 0.15) is 5.82 Å². The number of methoxy groups -OCH3 is 2. The van der Waals surface area contributed by atoms with Crippen LogP contribution in [0.1, 0.15) is 35.0 Å². The third-order valence-electron chi connectivity index (χ3n) is 5.54. The molecule has 2 aliphatic rings. The van der Waals surface area contributed by atoms with Gasteiger partial charge in [0.25, 0.3) is 0 Å². The lowest BCUT2D eigenvalue weighted by Crippen LogP contribution is -2.30. The van der Waals surface area contributed by atoms with Crippen LogP contribution >= 0.6 is 0 Å². The van der Waals surface area contributed by atoms with Crippen molar-refractivity contribution >= 4 is 5.91 Å². The average Bonchev–Trinajstić information content (AvgIpc) is 3.24. The predicted molar refractivity (Wildman–Crippen MR) is 105 cm³/mol. The zero-order valence-corrected chi connectivity index (χ0v) is 16.4. The topological polar surface area (TPSA) is 76.6 Å². The van der Waals surface area contributed by atoms with E-state index < -0.39 is 0 Å². The molecule has 148 valence electrons. The molecule has 1 fully saturated rings. The summed E-state index contributed by atoms with van der Waals surface area (Å²) in [6.07, 6.45) is 4.15. The zero-order valence-electron chi connectivity index (χ0n) is 16.4. The molecule has 7 nitrogen and oxygen atoms in total. The molecule has 2 aliphatic heterocycles. The van der Waals surface area contributed by atoms with Gasteiger partial charge < -0.3 is 19.7 Å². The Bertz CT molecular complexity index is 871. The Hall–Kier alpha value is -2.67. The summed E-state index contributed by atoms with van der Waals surface area (Å²) in [6.45, 7) is 3.24. The highest BCUT2D eigenvalue weighted by Gasteiger charge is 2.29. The van der Waals surface area contributed by atoms with Crippen LogP contribution in [0.5, 0.6) is 11.5 Å². The van der Waals surface area contributed by atoms with Crippen LogP contribution in [-0.4, -0.2) is 54.6 Å². The third kappa shape index (κ3) is 3.80. The van der Waals surface area contributed by atoms with Crippen LogP contribution in [-0.2, 0) is 24.2 Å². The van der Waals surface area contributed by atoms with Crippen molar-refractivity contribution < 1.29 is 14.3 Å². The summed E-state index contributed by atoms with van der Waals surface area (Å²) >= 11 is 0. The van der Waals surface area contributed by atoms with Crippen molar-refractivity contribution in [2.24, 2.45) is 0 Å². The van der Waals surface area contributed by atoms with E-state index in [4.69, 9.17) is 14.5 Å². The average molecular weight is 382 g/mol. The lowest BCUT2D eigenvalue weighted by molar-refractivity contribution is -0.129. The molecule has 1 aromatic heterocycles. The number of amides is 1. The molecule has 1 amide bonds. The Labute approximate surface area is 165 Å². The van der Waals surface area contributed by atoms with Crippen molar-refractivity contribution in [3.05, 3.63) is 47.0 Å². The molecule has 1 N–H and O–H groups in total. The Kier molecular flexibility index (Phi) is 5.43. The van der Waals surface area contributed by atoms with Crippen molar-refractivity contribution in [3.8, 4) is 11.5 Å². The van der Waals surface area contributed by atoms with E-state index in [9.17, 15) is 4.79 Å². The van der Waals surface area contributed by atoms with E-state index in [1.54, 1.807) is 14.2 Å². The van der Waals surface area contributed by atoms with Gasteiger partial charge in [-0.05, 0) is 24.1 Å². The molecule has 2 aromatic rings. The number of carbonyl (C=O) groups is 1. The minimum absolute atomic E-state index is 0.122. The molecule has 7 heteroatoms. The lowest BCUT2D eigenvalue weighted by Gasteiger charge is -2.19. The summed E-state index contributed by atoms with van der Waals surface area (Å²) in [5.74, 6) is 2.53. The van der Waals surface area contributed by atoms with Gasteiger partial charge in [-0.2, -0.15) is 0 Å². The lowest BCUT2D eigenvalue weighted by atomic mass is 10.1. The summed E-state index contributed by atoms with van der Waals surface area (Å²) in [6, 6.07) is 5.61. The van der Waals surface area contributed by atoms with Crippen LogP contribution in [0.15, 0.2) is 24.4 Å². The fourth-order valence-corrected chi connectivity index (χ4v) is 3.92. The van der Waals surface area contributed by atoms with Gasteiger partial charge in [-0.15, -0.1) is 0 Å². The van der Waals surface area contributed by atoms with Crippen molar-refractivity contribution in [1.29, 1.82) is 0 Å². The molecule has 4 rings (SSSR count). The number of aromatic nitrogens is 2. The first-order valence-corrected chi connectivity index (χ1v) is 9.72. The molecule has 1 aromatic carbocycles. The normalized spacial score (nSPS) is 18.6. The molecular weight excluding hydrogens is 356 g/mol. The van der Waals surface area contributed by atoms with Gasteiger partial charge in [0, 0.05) is 56.0 Å². The fourth-order valence-electron chi connectivity index (χ4n) is 3.92. The highest BCUT2D eigenvalue weighted by atomic mass is 16.5. The Morgan fingerprint density at radius 3 is 2.96 bits per heavy atom. The first-order valence-electron chi connectivity index (χ1n) is 9.72. The Morgan fingerprint density at radius 2 is 2.14 bits per heavy atom. The molecule has 1 unspecified atom stereocenters. The molecule has 0 aliphatic carbocycles. The van der Waals surface area contributed by atoms with E-state index in [1.165, 1.54) is 5.56 Å². The molecule has 1 saturated heterocycles. The first-order chi connectivity index (χ1) is 13.7. The van der Waals surface area contributed by atoms with Gasteiger partial charge in [0.05, 0.1) is 20.6 Å². The van der Waals surface area contributed by atoms with E-state index in [0.717, 1.165) is 49.6 Å². The number of fused-ring (bicyclic) bond motifs is 1. The second kappa shape index (κ2) is 8.14. The second-order valence-electron chi connectivity index (χ2n) is 7.32. The smallest absolute Gasteiger partial charge is 0.227 e. The van der Waals surface area contributed by atoms with Crippen molar-refractivity contribution in [2.45, 2.75) is 31.7 Å². The number of carbonyl (C=O) groups excluding carboxylic acids is 1. The van der Waals surface area contributed by atoms with Crippen molar-refractivity contribution in [2.75, 3.05) is 33.9 Å². The van der Waals surface area contributed by atoms with E-state index >= 15 is 0 Å². The van der Waals surface area contributed by atoms with E-state index in [1.807, 2.05) is 29.3 Å². The number of ether oxygens (including phenoxy) is 2. The van der Waals surface area contributed by atoms with Crippen LogP contribution in [0.25, 0.3) is 0 Å². The highest BCUT2D eigenvalue weighted by Crippen LogP contribution is 2.29. The number of hydrogen-bond donors (Lipinski definition) is 1. The van der Waals surface area contributed by atoms with Gasteiger partial charge in [-0.3, -0.25) is 4.79 Å². The van der Waals surface area contributed by atoms with Crippen molar-refractivity contribution in [3.63, 3.8) is 0 Å². The predicted octanol–water partition coefficient (Wildman–Crippen LogP) is 1.70. The van der Waals surface area contributed by atoms with Gasteiger partial charge in [0.15, 0.2) is 11.5 Å². The van der Waals surface area contributed by atoms with Crippen LogP contribution in [0, 0.1) is 0 Å². The minimum atomic E-state index is 0.122. The summed E-state index contributed by atoms with van der Waals surface area (Å²) in [4.78, 5) is 24.1. The SMILES string of the molecule is COc1ccc(CC(=O)N2CCC(c3ncc4c(n3)CCNC4)C2)cc1OC. The maximum Gasteiger partial charge on any atom is 0.227 e. The van der Waals surface area contributed by atoms with Gasteiger partial charge in [-0.1, -0.05) is 6.07 Å². The summed E-state index contributed by atoms with van der Waals surface area (Å²) in [5, 5.41) is 3.34. The molecule has 3 heterocycles. The van der Waals surface area contributed by atoms with Crippen LogP contribution in [0.3, 0.4) is 0 Å². The van der Waals surface area contributed by atoms with E-state index in [0.29, 0.717) is 24.5 Å². The van der Waals surface area contributed by atoms with Gasteiger partial charge in [-0.25, -0.2) is 9.97 Å². The number of nitrogens with one attached hydrogen (secondary N) is 1. The maximum atomic E-state index is 12.8. The Balaban J connectivity index is 1.40. The molecule has 1 atom stereocenters. The fraction of sp³-hybridized carbons (Fsp3) is 0.476. The Morgan fingerprint density at radius 1 is 1.29 bits per heavy atom. The molecule has 28 heavy (non-hydrogen) atoms. The van der Waals surface area contributed by atoms with Gasteiger partial charge >= 0.3 is 0 Å². The number of hydrogen-bond acceptors (Lipinski definition) is 6. The number of rotatable bonds is 5.